The van der Waals surface area contributed by atoms with Gasteiger partial charge >= 0.3 is 0 Å². The number of likely N-dealkylation sites (N-methyl/N-ethyl adjacent to an activating group) is 1. The van der Waals surface area contributed by atoms with Crippen LogP contribution in [0.5, 0.6) is 0 Å². The van der Waals surface area contributed by atoms with E-state index in [9.17, 15) is 0 Å². The quantitative estimate of drug-likeness (QED) is 0.894. The van der Waals surface area contributed by atoms with Crippen LogP contribution in [0.2, 0.25) is 0 Å². The Morgan fingerprint density at radius 3 is 3.18 bits per heavy atom. The molecular weight excluding hydrogens is 230 g/mol. The molecule has 96 valence electrons. The molecule has 17 heavy (non-hydrogen) atoms. The first kappa shape index (κ1) is 13.0. The molecule has 2 rings (SSSR count). The smallest absolute Gasteiger partial charge is 0.0971 e. The predicted molar refractivity (Wildman–Crippen MR) is 73.7 cm³/mol. The molecule has 2 heterocycles. The SMILES string of the molecule is CCN1CCCC(c2ncc(C(C)NC)s2)C1. The average molecular weight is 253 g/mol. The van der Waals surface area contributed by atoms with Crippen molar-refractivity contribution in [2.24, 2.45) is 0 Å². The van der Waals surface area contributed by atoms with Crippen LogP contribution in [0.4, 0.5) is 0 Å². The van der Waals surface area contributed by atoms with Gasteiger partial charge in [0.05, 0.1) is 5.01 Å². The van der Waals surface area contributed by atoms with Crippen molar-refractivity contribution in [1.82, 2.24) is 15.2 Å². The second-order valence-corrected chi connectivity index (χ2v) is 5.94. The van der Waals surface area contributed by atoms with Gasteiger partial charge in [-0.05, 0) is 39.9 Å². The Labute approximate surface area is 108 Å². The average Bonchev–Trinajstić information content (AvgIpc) is 2.87. The summed E-state index contributed by atoms with van der Waals surface area (Å²) in [6.07, 6.45) is 4.67. The molecule has 0 amide bonds. The van der Waals surface area contributed by atoms with Crippen molar-refractivity contribution in [3.63, 3.8) is 0 Å². The van der Waals surface area contributed by atoms with Gasteiger partial charge < -0.3 is 10.2 Å². The van der Waals surface area contributed by atoms with Crippen molar-refractivity contribution < 1.29 is 0 Å². The molecule has 1 saturated heterocycles. The Bertz CT molecular complexity index is 350. The molecule has 1 fully saturated rings. The molecule has 0 bridgehead atoms. The largest absolute Gasteiger partial charge is 0.312 e. The molecule has 1 N–H and O–H groups in total. The van der Waals surface area contributed by atoms with Gasteiger partial charge in [-0.3, -0.25) is 0 Å². The van der Waals surface area contributed by atoms with E-state index in [2.05, 4.69) is 29.0 Å². The van der Waals surface area contributed by atoms with Crippen LogP contribution in [0, 0.1) is 0 Å². The fraction of sp³-hybridized carbons (Fsp3) is 0.769. The molecule has 0 spiro atoms. The summed E-state index contributed by atoms with van der Waals surface area (Å²) in [5.74, 6) is 0.659. The highest BCUT2D eigenvalue weighted by Gasteiger charge is 2.23. The lowest BCUT2D eigenvalue weighted by atomic mass is 9.99. The van der Waals surface area contributed by atoms with E-state index in [-0.39, 0.29) is 0 Å². The molecule has 1 aromatic rings. The Hall–Kier alpha value is -0.450. The third kappa shape index (κ3) is 3.06. The fourth-order valence-corrected chi connectivity index (χ4v) is 3.48. The molecule has 2 unspecified atom stereocenters. The zero-order valence-corrected chi connectivity index (χ0v) is 11.9. The molecule has 0 aliphatic carbocycles. The van der Waals surface area contributed by atoms with E-state index in [0.29, 0.717) is 12.0 Å². The number of piperidine rings is 1. The minimum absolute atomic E-state index is 0.423. The number of thiazole rings is 1. The van der Waals surface area contributed by atoms with Crippen LogP contribution < -0.4 is 5.32 Å². The van der Waals surface area contributed by atoms with Crippen molar-refractivity contribution in [2.75, 3.05) is 26.7 Å². The van der Waals surface area contributed by atoms with Gasteiger partial charge in [0.15, 0.2) is 0 Å². The topological polar surface area (TPSA) is 28.2 Å². The van der Waals surface area contributed by atoms with Crippen LogP contribution in [0.15, 0.2) is 6.20 Å². The number of nitrogens with zero attached hydrogens (tertiary/aromatic N) is 2. The Balaban J connectivity index is 2.04. The first-order chi connectivity index (χ1) is 8.24. The van der Waals surface area contributed by atoms with Crippen molar-refractivity contribution in [1.29, 1.82) is 0 Å². The summed E-state index contributed by atoms with van der Waals surface area (Å²) in [5.41, 5.74) is 0. The van der Waals surface area contributed by atoms with Gasteiger partial charge in [-0.2, -0.15) is 0 Å². The van der Waals surface area contributed by atoms with Crippen molar-refractivity contribution in [3.05, 3.63) is 16.1 Å². The second-order valence-electron chi connectivity index (χ2n) is 4.84. The van der Waals surface area contributed by atoms with Gasteiger partial charge in [-0.1, -0.05) is 6.92 Å². The van der Waals surface area contributed by atoms with Gasteiger partial charge in [-0.25, -0.2) is 4.98 Å². The summed E-state index contributed by atoms with van der Waals surface area (Å²) in [6.45, 7) is 8.06. The molecule has 2 atom stereocenters. The van der Waals surface area contributed by atoms with E-state index in [1.807, 2.05) is 24.6 Å². The molecule has 0 aromatic carbocycles. The molecule has 0 saturated carbocycles. The maximum atomic E-state index is 4.63. The minimum Gasteiger partial charge on any atom is -0.312 e. The summed E-state index contributed by atoms with van der Waals surface area (Å²) < 4.78 is 0. The van der Waals surface area contributed by atoms with Gasteiger partial charge in [0.1, 0.15) is 0 Å². The normalized spacial score (nSPS) is 23.8. The van der Waals surface area contributed by atoms with Crippen LogP contribution in [-0.2, 0) is 0 Å². The third-order valence-corrected chi connectivity index (χ3v) is 5.05. The van der Waals surface area contributed by atoms with E-state index in [1.165, 1.54) is 42.4 Å². The van der Waals surface area contributed by atoms with Crippen molar-refractivity contribution in [3.8, 4) is 0 Å². The Morgan fingerprint density at radius 1 is 1.65 bits per heavy atom. The molecule has 4 heteroatoms. The van der Waals surface area contributed by atoms with Crippen LogP contribution >= 0.6 is 11.3 Å². The van der Waals surface area contributed by atoms with Gasteiger partial charge in [0, 0.05) is 29.6 Å². The zero-order valence-electron chi connectivity index (χ0n) is 11.1. The van der Waals surface area contributed by atoms with Gasteiger partial charge in [0.2, 0.25) is 0 Å². The standard InChI is InChI=1S/C13H23N3S/c1-4-16-7-5-6-11(9-16)13-15-8-12(17-13)10(2)14-3/h8,10-11,14H,4-7,9H2,1-3H3. The first-order valence-corrected chi connectivity index (χ1v) is 7.41. The van der Waals surface area contributed by atoms with Crippen LogP contribution in [0.25, 0.3) is 0 Å². The van der Waals surface area contributed by atoms with Crippen molar-refractivity contribution >= 4 is 11.3 Å². The van der Waals surface area contributed by atoms with Crippen molar-refractivity contribution in [2.45, 2.75) is 38.6 Å². The van der Waals surface area contributed by atoms with Gasteiger partial charge in [-0.15, -0.1) is 11.3 Å². The second kappa shape index (κ2) is 5.94. The van der Waals surface area contributed by atoms with Crippen LogP contribution in [0.3, 0.4) is 0 Å². The summed E-state index contributed by atoms with van der Waals surface area (Å²) in [5, 5.41) is 4.61. The van der Waals surface area contributed by atoms with E-state index >= 15 is 0 Å². The zero-order chi connectivity index (χ0) is 12.3. The van der Waals surface area contributed by atoms with Crippen LogP contribution in [0.1, 0.15) is 48.5 Å². The molecule has 1 aliphatic heterocycles. The lowest BCUT2D eigenvalue weighted by Gasteiger charge is -2.30. The molecule has 0 radical (unpaired) electrons. The molecular formula is C13H23N3S. The Morgan fingerprint density at radius 2 is 2.47 bits per heavy atom. The Kier molecular flexibility index (Phi) is 4.54. The summed E-state index contributed by atoms with van der Waals surface area (Å²) in [4.78, 5) is 8.53. The number of rotatable bonds is 4. The number of likely N-dealkylation sites (tertiary alicyclic amines) is 1. The molecule has 1 aliphatic rings. The lowest BCUT2D eigenvalue weighted by molar-refractivity contribution is 0.218. The monoisotopic (exact) mass is 253 g/mol. The predicted octanol–water partition coefficient (Wildman–Crippen LogP) is 2.62. The lowest BCUT2D eigenvalue weighted by Crippen LogP contribution is -2.33. The maximum absolute atomic E-state index is 4.63. The highest BCUT2D eigenvalue weighted by Crippen LogP contribution is 2.31. The third-order valence-electron chi connectivity index (χ3n) is 3.70. The number of nitrogens with one attached hydrogen (secondary N) is 1. The number of aromatic nitrogens is 1. The minimum atomic E-state index is 0.423. The summed E-state index contributed by atoms with van der Waals surface area (Å²) >= 11 is 1.88. The molecule has 3 nitrogen and oxygen atoms in total. The van der Waals surface area contributed by atoms with E-state index in [1.54, 1.807) is 0 Å². The van der Waals surface area contributed by atoms with Gasteiger partial charge in [0.25, 0.3) is 0 Å². The summed E-state index contributed by atoms with van der Waals surface area (Å²) in [6, 6.07) is 0.423. The number of hydrogen-bond donors (Lipinski definition) is 1. The maximum Gasteiger partial charge on any atom is 0.0971 e. The highest BCUT2D eigenvalue weighted by molar-refractivity contribution is 7.11. The molecule has 1 aromatic heterocycles. The van der Waals surface area contributed by atoms with E-state index in [4.69, 9.17) is 0 Å². The van der Waals surface area contributed by atoms with Crippen LogP contribution in [-0.4, -0.2) is 36.6 Å². The van der Waals surface area contributed by atoms with E-state index in [0.717, 1.165) is 0 Å². The number of hydrogen-bond acceptors (Lipinski definition) is 4. The van der Waals surface area contributed by atoms with E-state index < -0.39 is 0 Å². The highest BCUT2D eigenvalue weighted by atomic mass is 32.1. The summed E-state index contributed by atoms with van der Waals surface area (Å²) in [7, 11) is 2.00. The first-order valence-electron chi connectivity index (χ1n) is 6.59. The fourth-order valence-electron chi connectivity index (χ4n) is 2.38.